The second kappa shape index (κ2) is 9.51. The highest BCUT2D eigenvalue weighted by molar-refractivity contribution is 7.07. The summed E-state index contributed by atoms with van der Waals surface area (Å²) in [7, 11) is 1.62. The molecule has 0 atom stereocenters. The Labute approximate surface area is 172 Å². The van der Waals surface area contributed by atoms with E-state index in [1.165, 1.54) is 15.9 Å². The molecular weight excluding hydrogens is 392 g/mol. The van der Waals surface area contributed by atoms with Crippen molar-refractivity contribution in [1.82, 2.24) is 20.1 Å². The van der Waals surface area contributed by atoms with Crippen LogP contribution in [0.5, 0.6) is 0 Å². The Balaban J connectivity index is 1.42. The molecule has 2 N–H and O–H groups in total. The molecule has 1 aliphatic rings. The first-order valence-corrected chi connectivity index (χ1v) is 10.4. The highest BCUT2D eigenvalue weighted by Gasteiger charge is 2.26. The van der Waals surface area contributed by atoms with E-state index in [1.807, 2.05) is 16.8 Å². The van der Waals surface area contributed by atoms with Crippen LogP contribution in [-0.2, 0) is 23.2 Å². The number of likely N-dealkylation sites (tertiary alicyclic amines) is 1. The molecule has 3 amide bonds. The minimum atomic E-state index is -0.649. The molecule has 0 bridgehead atoms. The number of aryl methyl sites for hydroxylation is 1. The second-order valence-corrected chi connectivity index (χ2v) is 7.88. The van der Waals surface area contributed by atoms with Crippen LogP contribution in [0.4, 0.5) is 0 Å². The molecule has 154 valence electrons. The molecule has 3 rings (SSSR count). The fraction of sp³-hybridized carbons (Fsp3) is 0.400. The molecule has 0 saturated carbocycles. The van der Waals surface area contributed by atoms with E-state index < -0.39 is 11.8 Å². The Morgan fingerprint density at radius 2 is 1.86 bits per heavy atom. The molecule has 1 saturated heterocycles. The molecule has 1 aliphatic heterocycles. The van der Waals surface area contributed by atoms with Crippen LogP contribution in [0.15, 0.2) is 40.0 Å². The number of hydrogen-bond donors (Lipinski definition) is 2. The van der Waals surface area contributed by atoms with E-state index in [0.717, 1.165) is 5.56 Å². The first kappa shape index (κ1) is 20.8. The summed E-state index contributed by atoms with van der Waals surface area (Å²) in [6.45, 7) is 1.75. The van der Waals surface area contributed by atoms with E-state index in [0.29, 0.717) is 39.0 Å². The van der Waals surface area contributed by atoms with Crippen molar-refractivity contribution >= 4 is 29.1 Å². The van der Waals surface area contributed by atoms with Gasteiger partial charge in [-0.15, -0.1) is 0 Å². The minimum absolute atomic E-state index is 0.170. The van der Waals surface area contributed by atoms with Gasteiger partial charge in [0.2, 0.25) is 0 Å². The van der Waals surface area contributed by atoms with Gasteiger partial charge in [-0.25, -0.2) is 0 Å². The van der Waals surface area contributed by atoms with E-state index in [-0.39, 0.29) is 22.9 Å². The summed E-state index contributed by atoms with van der Waals surface area (Å²) in [6.07, 6.45) is 3.02. The zero-order valence-corrected chi connectivity index (χ0v) is 17.0. The third-order valence-corrected chi connectivity index (χ3v) is 5.78. The molecule has 0 spiro atoms. The van der Waals surface area contributed by atoms with Gasteiger partial charge in [0.05, 0.1) is 0 Å². The molecule has 1 fully saturated rings. The number of piperidine rings is 1. The van der Waals surface area contributed by atoms with Crippen molar-refractivity contribution in [3.05, 3.63) is 56.6 Å². The van der Waals surface area contributed by atoms with Gasteiger partial charge in [0.25, 0.3) is 11.5 Å². The van der Waals surface area contributed by atoms with Crippen LogP contribution < -0.4 is 16.2 Å². The number of hydrogen-bond acceptors (Lipinski definition) is 5. The van der Waals surface area contributed by atoms with Crippen LogP contribution in [0.1, 0.15) is 28.8 Å². The van der Waals surface area contributed by atoms with Crippen molar-refractivity contribution in [3.8, 4) is 0 Å². The summed E-state index contributed by atoms with van der Waals surface area (Å²) in [5.74, 6) is -1.37. The number of thiophene rings is 1. The van der Waals surface area contributed by atoms with Crippen molar-refractivity contribution in [3.63, 3.8) is 0 Å². The van der Waals surface area contributed by atoms with Gasteiger partial charge in [0, 0.05) is 39.4 Å². The summed E-state index contributed by atoms with van der Waals surface area (Å²) in [5.41, 5.74) is 0.825. The molecule has 0 aliphatic carbocycles. The van der Waals surface area contributed by atoms with E-state index >= 15 is 0 Å². The lowest BCUT2D eigenvalue weighted by Crippen LogP contribution is -2.45. The molecule has 2 aromatic rings. The van der Waals surface area contributed by atoms with Gasteiger partial charge >= 0.3 is 11.8 Å². The Morgan fingerprint density at radius 3 is 2.55 bits per heavy atom. The first-order valence-electron chi connectivity index (χ1n) is 9.47. The molecule has 0 aromatic carbocycles. The van der Waals surface area contributed by atoms with Gasteiger partial charge in [-0.3, -0.25) is 19.2 Å². The molecular formula is C20H24N4O4S. The number of carbonyl (C=O) groups is 3. The van der Waals surface area contributed by atoms with Gasteiger partial charge < -0.3 is 20.1 Å². The topological polar surface area (TPSA) is 101 Å². The monoisotopic (exact) mass is 416 g/mol. The second-order valence-electron chi connectivity index (χ2n) is 7.10. The fourth-order valence-electron chi connectivity index (χ4n) is 3.24. The summed E-state index contributed by atoms with van der Waals surface area (Å²) < 4.78 is 1.39. The number of amides is 3. The van der Waals surface area contributed by atoms with Gasteiger partial charge in [-0.1, -0.05) is 0 Å². The lowest BCUT2D eigenvalue weighted by atomic mass is 9.96. The van der Waals surface area contributed by atoms with E-state index in [4.69, 9.17) is 0 Å². The van der Waals surface area contributed by atoms with Crippen LogP contribution in [0.25, 0.3) is 0 Å². The Hall–Kier alpha value is -2.94. The van der Waals surface area contributed by atoms with Crippen molar-refractivity contribution in [2.45, 2.75) is 19.4 Å². The van der Waals surface area contributed by atoms with Crippen molar-refractivity contribution in [1.29, 1.82) is 0 Å². The maximum atomic E-state index is 12.6. The van der Waals surface area contributed by atoms with Gasteiger partial charge in [0.1, 0.15) is 5.56 Å². The fourth-order valence-corrected chi connectivity index (χ4v) is 3.91. The summed E-state index contributed by atoms with van der Waals surface area (Å²) in [4.78, 5) is 50.2. The smallest absolute Gasteiger partial charge is 0.309 e. The quantitative estimate of drug-likeness (QED) is 0.702. The highest BCUT2D eigenvalue weighted by Crippen LogP contribution is 2.17. The molecule has 2 aromatic heterocycles. The number of pyridine rings is 1. The third kappa shape index (κ3) is 5.32. The van der Waals surface area contributed by atoms with Crippen molar-refractivity contribution < 1.29 is 14.4 Å². The van der Waals surface area contributed by atoms with Gasteiger partial charge in [0.15, 0.2) is 0 Å². The van der Waals surface area contributed by atoms with Crippen molar-refractivity contribution in [2.24, 2.45) is 13.0 Å². The lowest BCUT2D eigenvalue weighted by Gasteiger charge is -2.32. The largest absolute Gasteiger partial charge is 0.348 e. The Morgan fingerprint density at radius 1 is 1.14 bits per heavy atom. The maximum absolute atomic E-state index is 12.6. The average molecular weight is 417 g/mol. The number of rotatable bonds is 5. The summed E-state index contributed by atoms with van der Waals surface area (Å²) in [6, 6.07) is 5.12. The zero-order valence-electron chi connectivity index (χ0n) is 16.2. The molecule has 8 nitrogen and oxygen atoms in total. The Bertz CT molecular complexity index is 930. The average Bonchev–Trinajstić information content (AvgIpc) is 3.26. The standard InChI is InChI=1S/C20H24N4O4S/c1-23-7-2-3-16(19(23)27)20(28)24-8-4-14(5-9-24)11-21-17(25)18(26)22-12-15-6-10-29-13-15/h2-3,6-7,10,13-14H,4-5,8-9,11-12H2,1H3,(H,21,25)(H,22,26). The van der Waals surface area contributed by atoms with Crippen LogP contribution in [-0.4, -0.2) is 46.8 Å². The normalized spacial score (nSPS) is 14.4. The molecule has 29 heavy (non-hydrogen) atoms. The molecule has 0 radical (unpaired) electrons. The van der Waals surface area contributed by atoms with Crippen LogP contribution in [0.3, 0.4) is 0 Å². The Kier molecular flexibility index (Phi) is 6.82. The zero-order chi connectivity index (χ0) is 20.8. The summed E-state index contributed by atoms with van der Waals surface area (Å²) in [5, 5.41) is 9.09. The number of carbonyl (C=O) groups excluding carboxylic acids is 3. The first-order chi connectivity index (χ1) is 14.0. The molecule has 0 unspecified atom stereocenters. The number of nitrogens with zero attached hydrogens (tertiary/aromatic N) is 2. The predicted octanol–water partition coefficient (Wildman–Crippen LogP) is 0.732. The SMILES string of the molecule is Cn1cccc(C(=O)N2CCC(CNC(=O)C(=O)NCc3ccsc3)CC2)c1=O. The summed E-state index contributed by atoms with van der Waals surface area (Å²) >= 11 is 1.53. The van der Waals surface area contributed by atoms with E-state index in [9.17, 15) is 19.2 Å². The van der Waals surface area contributed by atoms with E-state index in [2.05, 4.69) is 10.6 Å². The number of nitrogens with one attached hydrogen (secondary N) is 2. The van der Waals surface area contributed by atoms with Crippen LogP contribution >= 0.6 is 11.3 Å². The number of aromatic nitrogens is 1. The molecule has 9 heteroatoms. The van der Waals surface area contributed by atoms with Gasteiger partial charge in [-0.2, -0.15) is 11.3 Å². The van der Waals surface area contributed by atoms with Gasteiger partial charge in [-0.05, 0) is 53.3 Å². The van der Waals surface area contributed by atoms with E-state index in [1.54, 1.807) is 30.3 Å². The maximum Gasteiger partial charge on any atom is 0.309 e. The molecule has 3 heterocycles. The van der Waals surface area contributed by atoms with Crippen molar-refractivity contribution in [2.75, 3.05) is 19.6 Å². The predicted molar refractivity (Wildman–Crippen MR) is 109 cm³/mol. The van der Waals surface area contributed by atoms with Crippen LogP contribution in [0.2, 0.25) is 0 Å². The third-order valence-electron chi connectivity index (χ3n) is 5.05. The lowest BCUT2D eigenvalue weighted by molar-refractivity contribution is -0.139. The highest BCUT2D eigenvalue weighted by atomic mass is 32.1. The minimum Gasteiger partial charge on any atom is -0.348 e. The van der Waals surface area contributed by atoms with Crippen LogP contribution in [0, 0.1) is 5.92 Å².